The maximum Gasteiger partial charge on any atom is 0.264 e. The van der Waals surface area contributed by atoms with Crippen LogP contribution < -0.4 is 10.0 Å². The second kappa shape index (κ2) is 10.3. The van der Waals surface area contributed by atoms with Crippen LogP contribution in [0.25, 0.3) is 22.2 Å². The van der Waals surface area contributed by atoms with E-state index >= 15 is 0 Å². The molecule has 0 radical (unpaired) electrons. The predicted molar refractivity (Wildman–Crippen MR) is 149 cm³/mol. The highest BCUT2D eigenvalue weighted by molar-refractivity contribution is 7.92. The van der Waals surface area contributed by atoms with Crippen LogP contribution in [-0.4, -0.2) is 34.2 Å². The number of nitrogens with zero attached hydrogens (tertiary/aromatic N) is 4. The third-order valence-electron chi connectivity index (χ3n) is 6.81. The lowest BCUT2D eigenvalue weighted by atomic mass is 9.95. The summed E-state index contributed by atoms with van der Waals surface area (Å²) in [5.74, 6) is 1.11. The van der Waals surface area contributed by atoms with Crippen LogP contribution in [0.2, 0.25) is 5.02 Å². The smallest absolute Gasteiger partial charge is 0.264 e. The fourth-order valence-electron chi connectivity index (χ4n) is 4.90. The normalized spacial score (nSPS) is 14.8. The van der Waals surface area contributed by atoms with Crippen LogP contribution in [0.1, 0.15) is 57.4 Å². The van der Waals surface area contributed by atoms with Gasteiger partial charge in [0.05, 0.1) is 16.2 Å². The first-order valence-electron chi connectivity index (χ1n) is 12.6. The minimum atomic E-state index is -3.89. The Balaban J connectivity index is 1.48. The SMILES string of the molecule is CC(C)c1cc(-c2cc(NS(=O)(=O)c3ccccc3Cl)nn2C)cc2cnc(NC3CCCCC3)nc12. The number of benzene rings is 2. The fraction of sp³-hybridized carbons (Fsp3) is 0.370. The second-order valence-electron chi connectivity index (χ2n) is 9.91. The zero-order chi connectivity index (χ0) is 26.2. The van der Waals surface area contributed by atoms with Crippen LogP contribution in [0.3, 0.4) is 0 Å². The van der Waals surface area contributed by atoms with Crippen molar-refractivity contribution in [3.8, 4) is 11.3 Å². The molecule has 0 aliphatic heterocycles. The molecule has 4 aromatic rings. The number of hydrogen-bond donors (Lipinski definition) is 2. The number of aromatic nitrogens is 4. The van der Waals surface area contributed by atoms with Gasteiger partial charge >= 0.3 is 0 Å². The van der Waals surface area contributed by atoms with Crippen molar-refractivity contribution in [3.63, 3.8) is 0 Å². The van der Waals surface area contributed by atoms with Gasteiger partial charge in [-0.05, 0) is 48.6 Å². The van der Waals surface area contributed by atoms with Crippen LogP contribution >= 0.6 is 11.6 Å². The van der Waals surface area contributed by atoms with E-state index in [9.17, 15) is 8.42 Å². The van der Waals surface area contributed by atoms with E-state index in [1.54, 1.807) is 36.0 Å². The molecule has 0 saturated heterocycles. The first-order chi connectivity index (χ1) is 17.7. The highest BCUT2D eigenvalue weighted by Gasteiger charge is 2.21. The van der Waals surface area contributed by atoms with Crippen molar-refractivity contribution in [2.45, 2.75) is 62.8 Å². The van der Waals surface area contributed by atoms with Gasteiger partial charge in [0.15, 0.2) is 5.82 Å². The van der Waals surface area contributed by atoms with E-state index in [0.717, 1.165) is 40.6 Å². The minimum Gasteiger partial charge on any atom is -0.351 e. The Morgan fingerprint density at radius 3 is 2.57 bits per heavy atom. The summed E-state index contributed by atoms with van der Waals surface area (Å²) in [6.45, 7) is 4.28. The Morgan fingerprint density at radius 2 is 1.84 bits per heavy atom. The van der Waals surface area contributed by atoms with Crippen LogP contribution in [0.15, 0.2) is 53.6 Å². The Kier molecular flexibility index (Phi) is 7.09. The van der Waals surface area contributed by atoms with E-state index in [1.165, 1.54) is 25.3 Å². The van der Waals surface area contributed by atoms with E-state index in [-0.39, 0.29) is 21.7 Å². The number of aryl methyl sites for hydroxylation is 1. The van der Waals surface area contributed by atoms with Crippen molar-refractivity contribution in [2.24, 2.45) is 7.05 Å². The number of sulfonamides is 1. The summed E-state index contributed by atoms with van der Waals surface area (Å²) in [6.07, 6.45) is 7.95. The molecular formula is C27H31ClN6O2S. The molecule has 2 heterocycles. The summed E-state index contributed by atoms with van der Waals surface area (Å²) in [5, 5.41) is 9.01. The van der Waals surface area contributed by atoms with Crippen LogP contribution in [0.5, 0.6) is 0 Å². The molecule has 0 spiro atoms. The van der Waals surface area contributed by atoms with E-state index in [2.05, 4.69) is 40.0 Å². The molecule has 0 atom stereocenters. The molecule has 2 N–H and O–H groups in total. The standard InChI is InChI=1S/C27H31ClN6O2S/c1-17(2)21-14-18(13-19-16-29-27(31-26(19)21)30-20-9-5-4-6-10-20)23-15-25(32-34(23)3)33-37(35,36)24-12-8-7-11-22(24)28/h7-8,11-17,20H,4-6,9-10H2,1-3H3,(H,32,33)(H,29,30,31). The Bertz CT molecular complexity index is 1540. The number of halogens is 1. The number of anilines is 2. The maximum atomic E-state index is 12.9. The maximum absolute atomic E-state index is 12.9. The van der Waals surface area contributed by atoms with Gasteiger partial charge in [0.2, 0.25) is 5.95 Å². The lowest BCUT2D eigenvalue weighted by molar-refractivity contribution is 0.461. The molecule has 37 heavy (non-hydrogen) atoms. The molecule has 10 heteroatoms. The van der Waals surface area contributed by atoms with Crippen LogP contribution in [0, 0.1) is 0 Å². The fourth-order valence-corrected chi connectivity index (χ4v) is 6.41. The largest absolute Gasteiger partial charge is 0.351 e. The van der Waals surface area contributed by atoms with Crippen LogP contribution in [0.4, 0.5) is 11.8 Å². The molecule has 0 amide bonds. The summed E-state index contributed by atoms with van der Waals surface area (Å²) >= 11 is 6.11. The molecule has 2 aromatic heterocycles. The first-order valence-corrected chi connectivity index (χ1v) is 14.5. The zero-order valence-corrected chi connectivity index (χ0v) is 22.8. The van der Waals surface area contributed by atoms with Gasteiger partial charge in [0.1, 0.15) is 4.90 Å². The molecule has 1 fully saturated rings. The predicted octanol–water partition coefficient (Wildman–Crippen LogP) is 6.35. The van der Waals surface area contributed by atoms with Crippen molar-refractivity contribution < 1.29 is 8.42 Å². The number of nitrogens with one attached hydrogen (secondary N) is 2. The molecule has 194 valence electrons. The molecule has 1 aliphatic rings. The quantitative estimate of drug-likeness (QED) is 0.284. The summed E-state index contributed by atoms with van der Waals surface area (Å²) < 4.78 is 30.0. The van der Waals surface area contributed by atoms with Crippen molar-refractivity contribution >= 4 is 44.3 Å². The molecule has 0 unspecified atom stereocenters. The number of hydrogen-bond acceptors (Lipinski definition) is 6. The third-order valence-corrected chi connectivity index (χ3v) is 8.67. The van der Waals surface area contributed by atoms with Gasteiger partial charge in [-0.2, -0.15) is 5.10 Å². The molecule has 8 nitrogen and oxygen atoms in total. The molecule has 1 aliphatic carbocycles. The average Bonchev–Trinajstić information content (AvgIpc) is 3.23. The monoisotopic (exact) mass is 538 g/mol. The van der Waals surface area contributed by atoms with Gasteiger partial charge in [0, 0.05) is 36.3 Å². The molecular weight excluding hydrogens is 508 g/mol. The molecule has 1 saturated carbocycles. The van der Waals surface area contributed by atoms with Gasteiger partial charge in [-0.15, -0.1) is 0 Å². The Labute approximate surface area is 222 Å². The average molecular weight is 539 g/mol. The van der Waals surface area contributed by atoms with E-state index in [0.29, 0.717) is 12.0 Å². The minimum absolute atomic E-state index is 0.00598. The molecule has 5 rings (SSSR count). The Morgan fingerprint density at radius 1 is 1.08 bits per heavy atom. The van der Waals surface area contributed by atoms with Crippen molar-refractivity contribution in [2.75, 3.05) is 10.0 Å². The summed E-state index contributed by atoms with van der Waals surface area (Å²) in [6, 6.07) is 12.6. The van der Waals surface area contributed by atoms with Gasteiger partial charge in [0.25, 0.3) is 10.0 Å². The zero-order valence-electron chi connectivity index (χ0n) is 21.2. The lowest BCUT2D eigenvalue weighted by Crippen LogP contribution is -2.23. The van der Waals surface area contributed by atoms with Crippen molar-refractivity contribution in [3.05, 3.63) is 59.2 Å². The number of rotatable bonds is 7. The van der Waals surface area contributed by atoms with Gasteiger partial charge < -0.3 is 5.32 Å². The topological polar surface area (TPSA) is 102 Å². The van der Waals surface area contributed by atoms with Crippen molar-refractivity contribution in [1.29, 1.82) is 0 Å². The highest BCUT2D eigenvalue weighted by Crippen LogP contribution is 2.33. The molecule has 0 bridgehead atoms. The first kappa shape index (κ1) is 25.5. The van der Waals surface area contributed by atoms with Gasteiger partial charge in [-0.1, -0.05) is 56.8 Å². The summed E-state index contributed by atoms with van der Waals surface area (Å²) in [5.41, 5.74) is 3.70. The summed E-state index contributed by atoms with van der Waals surface area (Å²) in [7, 11) is -2.10. The van der Waals surface area contributed by atoms with E-state index in [4.69, 9.17) is 16.6 Å². The summed E-state index contributed by atoms with van der Waals surface area (Å²) in [4.78, 5) is 9.51. The van der Waals surface area contributed by atoms with Crippen molar-refractivity contribution in [1.82, 2.24) is 19.7 Å². The van der Waals surface area contributed by atoms with Gasteiger partial charge in [-0.3, -0.25) is 9.40 Å². The third kappa shape index (κ3) is 5.43. The number of fused-ring (bicyclic) bond motifs is 1. The van der Waals surface area contributed by atoms with E-state index < -0.39 is 10.0 Å². The lowest BCUT2D eigenvalue weighted by Gasteiger charge is -2.23. The Hall–Kier alpha value is -3.17. The second-order valence-corrected chi connectivity index (χ2v) is 12.0. The van der Waals surface area contributed by atoms with Crippen LogP contribution in [-0.2, 0) is 17.1 Å². The van der Waals surface area contributed by atoms with E-state index in [1.807, 2.05) is 12.3 Å². The highest BCUT2D eigenvalue weighted by atomic mass is 35.5. The van der Waals surface area contributed by atoms with Gasteiger partial charge in [-0.25, -0.2) is 18.4 Å². The molecule has 2 aromatic carbocycles.